The second kappa shape index (κ2) is 6.08. The van der Waals surface area contributed by atoms with Crippen LogP contribution in [0.15, 0.2) is 47.2 Å². The van der Waals surface area contributed by atoms with Crippen LogP contribution >= 0.6 is 0 Å². The fourth-order valence-corrected chi connectivity index (χ4v) is 3.11. The molecular formula is C18H16FN3O3. The Bertz CT molecular complexity index is 924. The van der Waals surface area contributed by atoms with Crippen molar-refractivity contribution in [3.05, 3.63) is 59.9 Å². The molecule has 7 heteroatoms. The fraction of sp³-hybridized carbons (Fsp3) is 0.222. The maximum Gasteiger partial charge on any atom is 0.289 e. The number of aromatic amines is 1. The quantitative estimate of drug-likeness (QED) is 0.779. The molecule has 0 bridgehead atoms. The summed E-state index contributed by atoms with van der Waals surface area (Å²) in [6.07, 6.45) is 3.07. The van der Waals surface area contributed by atoms with E-state index < -0.39 is 0 Å². The highest BCUT2D eigenvalue weighted by atomic mass is 19.1. The van der Waals surface area contributed by atoms with Gasteiger partial charge in [0.1, 0.15) is 5.82 Å². The molecule has 3 heterocycles. The number of rotatable bonds is 2. The average Bonchev–Trinajstić information content (AvgIpc) is 3.30. The van der Waals surface area contributed by atoms with Crippen molar-refractivity contribution in [1.29, 1.82) is 0 Å². The van der Waals surface area contributed by atoms with Crippen molar-refractivity contribution in [2.75, 3.05) is 26.2 Å². The molecule has 1 aromatic carbocycles. The van der Waals surface area contributed by atoms with Gasteiger partial charge in [0.05, 0.1) is 11.8 Å². The number of benzene rings is 1. The van der Waals surface area contributed by atoms with Crippen molar-refractivity contribution in [2.45, 2.75) is 0 Å². The Balaban J connectivity index is 1.47. The maximum absolute atomic E-state index is 13.5. The molecule has 0 radical (unpaired) electrons. The van der Waals surface area contributed by atoms with Crippen LogP contribution in [-0.2, 0) is 0 Å². The molecule has 1 aliphatic rings. The van der Waals surface area contributed by atoms with E-state index in [0.717, 1.165) is 5.52 Å². The minimum atomic E-state index is -0.380. The Kier molecular flexibility index (Phi) is 3.76. The van der Waals surface area contributed by atoms with E-state index in [1.807, 2.05) is 0 Å². The highest BCUT2D eigenvalue weighted by molar-refractivity contribution is 6.06. The van der Waals surface area contributed by atoms with Crippen molar-refractivity contribution in [3.8, 4) is 0 Å². The summed E-state index contributed by atoms with van der Waals surface area (Å²) in [5.41, 5.74) is 1.16. The highest BCUT2D eigenvalue weighted by Gasteiger charge is 2.27. The minimum absolute atomic E-state index is 0.165. The van der Waals surface area contributed by atoms with Gasteiger partial charge in [0.2, 0.25) is 0 Å². The van der Waals surface area contributed by atoms with Crippen LogP contribution in [-0.4, -0.2) is 52.8 Å². The number of nitrogens with zero attached hydrogens (tertiary/aromatic N) is 2. The molecule has 6 nitrogen and oxygen atoms in total. The third-order valence-electron chi connectivity index (χ3n) is 4.46. The number of fused-ring (bicyclic) bond motifs is 1. The van der Waals surface area contributed by atoms with Crippen molar-refractivity contribution in [3.63, 3.8) is 0 Å². The first-order valence-electron chi connectivity index (χ1n) is 8.02. The van der Waals surface area contributed by atoms with Crippen LogP contribution in [0.5, 0.6) is 0 Å². The first kappa shape index (κ1) is 15.4. The van der Waals surface area contributed by atoms with E-state index in [9.17, 15) is 14.0 Å². The molecular weight excluding hydrogens is 325 g/mol. The number of furan rings is 1. The third kappa shape index (κ3) is 2.77. The zero-order valence-electron chi connectivity index (χ0n) is 13.4. The number of amides is 2. The SMILES string of the molecule is O=C(c1ccco1)N1CCN(C(=O)c2c[nH]c3ccc(F)cc23)CC1. The molecule has 3 aromatic rings. The molecule has 0 spiro atoms. The van der Waals surface area contributed by atoms with Gasteiger partial charge in [-0.2, -0.15) is 0 Å². The van der Waals surface area contributed by atoms with Crippen LogP contribution in [0, 0.1) is 5.82 Å². The highest BCUT2D eigenvalue weighted by Crippen LogP contribution is 2.21. The van der Waals surface area contributed by atoms with Gasteiger partial charge in [-0.1, -0.05) is 0 Å². The van der Waals surface area contributed by atoms with Gasteiger partial charge in [-0.3, -0.25) is 9.59 Å². The lowest BCUT2D eigenvalue weighted by atomic mass is 10.1. The van der Waals surface area contributed by atoms with Gasteiger partial charge in [-0.15, -0.1) is 0 Å². The van der Waals surface area contributed by atoms with Gasteiger partial charge in [0, 0.05) is 43.3 Å². The molecule has 4 rings (SSSR count). The van der Waals surface area contributed by atoms with E-state index in [0.29, 0.717) is 42.9 Å². The van der Waals surface area contributed by atoms with Gasteiger partial charge >= 0.3 is 0 Å². The number of aromatic nitrogens is 1. The van der Waals surface area contributed by atoms with Crippen LogP contribution < -0.4 is 0 Å². The largest absolute Gasteiger partial charge is 0.459 e. The van der Waals surface area contributed by atoms with Crippen molar-refractivity contribution in [1.82, 2.24) is 14.8 Å². The number of piperazine rings is 1. The summed E-state index contributed by atoms with van der Waals surface area (Å²) in [5, 5.41) is 0.569. The Morgan fingerprint density at radius 1 is 1.04 bits per heavy atom. The number of carbonyl (C=O) groups is 2. The predicted octanol–water partition coefficient (Wildman–Crippen LogP) is 2.50. The predicted molar refractivity (Wildman–Crippen MR) is 88.8 cm³/mol. The van der Waals surface area contributed by atoms with Crippen molar-refractivity contribution in [2.24, 2.45) is 0 Å². The molecule has 0 aliphatic carbocycles. The maximum atomic E-state index is 13.5. The van der Waals surface area contributed by atoms with E-state index >= 15 is 0 Å². The Hall–Kier alpha value is -3.09. The monoisotopic (exact) mass is 341 g/mol. The lowest BCUT2D eigenvalue weighted by Crippen LogP contribution is -2.50. The van der Waals surface area contributed by atoms with Crippen LogP contribution in [0.4, 0.5) is 4.39 Å². The molecule has 0 unspecified atom stereocenters. The molecule has 1 aliphatic heterocycles. The van der Waals surface area contributed by atoms with Gasteiger partial charge in [0.25, 0.3) is 11.8 Å². The zero-order valence-corrected chi connectivity index (χ0v) is 13.4. The Morgan fingerprint density at radius 2 is 1.76 bits per heavy atom. The number of H-pyrrole nitrogens is 1. The average molecular weight is 341 g/mol. The summed E-state index contributed by atoms with van der Waals surface area (Å²) in [7, 11) is 0. The lowest BCUT2D eigenvalue weighted by molar-refractivity contribution is 0.0519. The van der Waals surface area contributed by atoms with Gasteiger partial charge in [-0.05, 0) is 30.3 Å². The van der Waals surface area contributed by atoms with E-state index in [1.54, 1.807) is 34.2 Å². The summed E-state index contributed by atoms with van der Waals surface area (Å²) in [6.45, 7) is 1.71. The van der Waals surface area contributed by atoms with Crippen LogP contribution in [0.25, 0.3) is 10.9 Å². The second-order valence-corrected chi connectivity index (χ2v) is 5.95. The Morgan fingerprint density at radius 3 is 2.44 bits per heavy atom. The lowest BCUT2D eigenvalue weighted by Gasteiger charge is -2.34. The summed E-state index contributed by atoms with van der Waals surface area (Å²) in [6, 6.07) is 7.62. The first-order chi connectivity index (χ1) is 12.1. The summed E-state index contributed by atoms with van der Waals surface area (Å²) in [5.74, 6) is -0.421. The number of halogens is 1. The summed E-state index contributed by atoms with van der Waals surface area (Å²) in [4.78, 5) is 31.3. The normalized spacial score (nSPS) is 14.9. The molecule has 1 N–H and O–H groups in total. The molecule has 2 aromatic heterocycles. The zero-order chi connectivity index (χ0) is 17.4. The molecule has 0 saturated carbocycles. The van der Waals surface area contributed by atoms with Crippen LogP contribution in [0.1, 0.15) is 20.9 Å². The summed E-state index contributed by atoms with van der Waals surface area (Å²) < 4.78 is 18.6. The topological polar surface area (TPSA) is 69.6 Å². The van der Waals surface area contributed by atoms with Crippen LogP contribution in [0.2, 0.25) is 0 Å². The van der Waals surface area contributed by atoms with Crippen molar-refractivity contribution >= 4 is 22.7 Å². The molecule has 2 amide bonds. The smallest absolute Gasteiger partial charge is 0.289 e. The first-order valence-corrected chi connectivity index (χ1v) is 8.02. The minimum Gasteiger partial charge on any atom is -0.459 e. The van der Waals surface area contributed by atoms with E-state index in [4.69, 9.17) is 4.42 Å². The van der Waals surface area contributed by atoms with Crippen LogP contribution in [0.3, 0.4) is 0 Å². The number of nitrogens with one attached hydrogen (secondary N) is 1. The number of carbonyl (C=O) groups excluding carboxylic acids is 2. The van der Waals surface area contributed by atoms with Gasteiger partial charge < -0.3 is 19.2 Å². The third-order valence-corrected chi connectivity index (χ3v) is 4.46. The summed E-state index contributed by atoms with van der Waals surface area (Å²) >= 11 is 0. The number of hydrogen-bond acceptors (Lipinski definition) is 3. The second-order valence-electron chi connectivity index (χ2n) is 5.95. The number of hydrogen-bond donors (Lipinski definition) is 1. The molecule has 1 fully saturated rings. The standard InChI is InChI=1S/C18H16FN3O3/c19-12-3-4-15-13(10-12)14(11-20-15)17(23)21-5-7-22(8-6-21)18(24)16-2-1-9-25-16/h1-4,9-11,20H,5-8H2. The molecule has 1 saturated heterocycles. The van der Waals surface area contributed by atoms with E-state index in [2.05, 4.69) is 4.98 Å². The van der Waals surface area contributed by atoms with Gasteiger partial charge in [0.15, 0.2) is 5.76 Å². The van der Waals surface area contributed by atoms with Gasteiger partial charge in [-0.25, -0.2) is 4.39 Å². The van der Waals surface area contributed by atoms with E-state index in [-0.39, 0.29) is 17.6 Å². The molecule has 128 valence electrons. The fourth-order valence-electron chi connectivity index (χ4n) is 3.11. The molecule has 25 heavy (non-hydrogen) atoms. The molecule has 0 atom stereocenters. The van der Waals surface area contributed by atoms with Crippen molar-refractivity contribution < 1.29 is 18.4 Å². The Labute approximate surface area is 142 Å². The van der Waals surface area contributed by atoms with E-state index in [1.165, 1.54) is 18.4 Å².